The molecule has 0 amide bonds. The fourth-order valence-electron chi connectivity index (χ4n) is 2.84. The Morgan fingerprint density at radius 2 is 2.04 bits per heavy atom. The number of hydrogen-bond acceptors (Lipinski definition) is 6. The molecule has 0 spiro atoms. The first-order valence-electron chi connectivity index (χ1n) is 7.91. The average molecular weight is 314 g/mol. The van der Waals surface area contributed by atoms with E-state index in [4.69, 9.17) is 0 Å². The van der Waals surface area contributed by atoms with Gasteiger partial charge in [-0.15, -0.1) is 0 Å². The normalized spacial score (nSPS) is 16.4. The monoisotopic (exact) mass is 314 g/mol. The quantitative estimate of drug-likeness (QED) is 0.906. The second-order valence-corrected chi connectivity index (χ2v) is 6.03. The Bertz CT molecular complexity index is 721. The van der Waals surface area contributed by atoms with E-state index in [1.807, 2.05) is 19.1 Å². The van der Waals surface area contributed by atoms with Crippen LogP contribution in [0.3, 0.4) is 0 Å². The molecule has 2 aromatic rings. The molecule has 1 aliphatic heterocycles. The molecule has 1 saturated heterocycles. The summed E-state index contributed by atoms with van der Waals surface area (Å²) in [5.74, 6) is 0.899. The maximum absolute atomic E-state index is 11.4. The minimum absolute atomic E-state index is 0.0724. The molecule has 2 aromatic heterocycles. The van der Waals surface area contributed by atoms with Crippen molar-refractivity contribution in [3.05, 3.63) is 46.3 Å². The lowest BCUT2D eigenvalue weighted by atomic mass is 10.0. The van der Waals surface area contributed by atoms with Gasteiger partial charge in [0.25, 0.3) is 5.56 Å². The molecule has 0 atom stereocenters. The van der Waals surface area contributed by atoms with Crippen molar-refractivity contribution in [2.24, 2.45) is 7.05 Å². The number of nitrogens with zero attached hydrogens (tertiary/aromatic N) is 5. The number of hydrogen-bond donors (Lipinski definition) is 1. The van der Waals surface area contributed by atoms with Gasteiger partial charge in [0.2, 0.25) is 0 Å². The predicted octanol–water partition coefficient (Wildman–Crippen LogP) is 0.955. The van der Waals surface area contributed by atoms with Crippen LogP contribution in [0.4, 0.5) is 5.82 Å². The van der Waals surface area contributed by atoms with Gasteiger partial charge in [0, 0.05) is 50.6 Å². The molecule has 3 heterocycles. The maximum Gasteiger partial charge on any atom is 0.266 e. The van der Waals surface area contributed by atoms with Gasteiger partial charge >= 0.3 is 0 Å². The van der Waals surface area contributed by atoms with E-state index < -0.39 is 0 Å². The molecule has 0 aromatic carbocycles. The number of likely N-dealkylation sites (tertiary alicyclic amines) is 1. The molecule has 1 aliphatic rings. The van der Waals surface area contributed by atoms with Crippen molar-refractivity contribution in [3.8, 4) is 0 Å². The van der Waals surface area contributed by atoms with Crippen molar-refractivity contribution >= 4 is 5.82 Å². The van der Waals surface area contributed by atoms with Crippen LogP contribution in [-0.2, 0) is 13.6 Å². The first-order chi connectivity index (χ1) is 11.1. The lowest BCUT2D eigenvalue weighted by molar-refractivity contribution is 0.207. The smallest absolute Gasteiger partial charge is 0.266 e. The lowest BCUT2D eigenvalue weighted by Crippen LogP contribution is -2.39. The van der Waals surface area contributed by atoms with E-state index in [1.54, 1.807) is 19.4 Å². The van der Waals surface area contributed by atoms with Gasteiger partial charge in [-0.05, 0) is 25.8 Å². The van der Waals surface area contributed by atoms with E-state index in [1.165, 1.54) is 4.68 Å². The first kappa shape index (κ1) is 15.6. The highest BCUT2D eigenvalue weighted by Crippen LogP contribution is 2.16. The molecule has 7 heteroatoms. The zero-order chi connectivity index (χ0) is 16.2. The summed E-state index contributed by atoms with van der Waals surface area (Å²) in [7, 11) is 1.69. The van der Waals surface area contributed by atoms with Crippen LogP contribution in [0, 0.1) is 6.92 Å². The molecule has 7 nitrogen and oxygen atoms in total. The number of piperidine rings is 1. The van der Waals surface area contributed by atoms with Crippen molar-refractivity contribution in [2.75, 3.05) is 18.4 Å². The van der Waals surface area contributed by atoms with Gasteiger partial charge in [0.05, 0.1) is 5.69 Å². The van der Waals surface area contributed by atoms with Crippen molar-refractivity contribution in [2.45, 2.75) is 32.4 Å². The minimum atomic E-state index is -0.0724. The Labute approximate surface area is 135 Å². The third-order valence-corrected chi connectivity index (χ3v) is 4.14. The van der Waals surface area contributed by atoms with Crippen molar-refractivity contribution in [1.82, 2.24) is 24.6 Å². The molecule has 122 valence electrons. The molecule has 23 heavy (non-hydrogen) atoms. The Kier molecular flexibility index (Phi) is 4.66. The summed E-state index contributed by atoms with van der Waals surface area (Å²) in [6.07, 6.45) is 3.72. The zero-order valence-corrected chi connectivity index (χ0v) is 13.6. The van der Waals surface area contributed by atoms with E-state index in [-0.39, 0.29) is 5.56 Å². The molecular formula is C16H22N6O. The standard InChI is InChI=1S/C16H22N6O/c1-12-9-15(18-11-17-12)19-13-5-7-22(8-6-13)10-14-3-4-16(23)21(2)20-14/h3-4,9,11,13H,5-8,10H2,1-2H3,(H,17,18,19). The van der Waals surface area contributed by atoms with E-state index in [0.29, 0.717) is 6.04 Å². The lowest BCUT2D eigenvalue weighted by Gasteiger charge is -2.32. The van der Waals surface area contributed by atoms with E-state index >= 15 is 0 Å². The van der Waals surface area contributed by atoms with E-state index in [2.05, 4.69) is 25.3 Å². The molecular weight excluding hydrogens is 292 g/mol. The van der Waals surface area contributed by atoms with Crippen LogP contribution in [0.15, 0.2) is 29.3 Å². The highest BCUT2D eigenvalue weighted by Gasteiger charge is 2.20. The highest BCUT2D eigenvalue weighted by atomic mass is 16.1. The van der Waals surface area contributed by atoms with Crippen LogP contribution in [0.5, 0.6) is 0 Å². The molecule has 0 unspecified atom stereocenters. The van der Waals surface area contributed by atoms with Crippen LogP contribution in [0.1, 0.15) is 24.2 Å². The fraction of sp³-hybridized carbons (Fsp3) is 0.500. The Balaban J connectivity index is 1.52. The third kappa shape index (κ3) is 4.13. The third-order valence-electron chi connectivity index (χ3n) is 4.14. The zero-order valence-electron chi connectivity index (χ0n) is 13.6. The SMILES string of the molecule is Cc1cc(NC2CCN(Cc3ccc(=O)n(C)n3)CC2)ncn1. The maximum atomic E-state index is 11.4. The van der Waals surface area contributed by atoms with Crippen LogP contribution in [0.25, 0.3) is 0 Å². The molecule has 1 N–H and O–H groups in total. The van der Waals surface area contributed by atoms with Crippen molar-refractivity contribution < 1.29 is 0 Å². The number of anilines is 1. The molecule has 0 radical (unpaired) electrons. The molecule has 0 aliphatic carbocycles. The highest BCUT2D eigenvalue weighted by molar-refractivity contribution is 5.35. The Morgan fingerprint density at radius 3 is 2.74 bits per heavy atom. The van der Waals surface area contributed by atoms with Crippen LogP contribution >= 0.6 is 0 Å². The van der Waals surface area contributed by atoms with Gasteiger partial charge in [0.1, 0.15) is 12.1 Å². The fourth-order valence-corrected chi connectivity index (χ4v) is 2.84. The molecule has 0 saturated carbocycles. The molecule has 3 rings (SSSR count). The largest absolute Gasteiger partial charge is 0.367 e. The van der Waals surface area contributed by atoms with Crippen LogP contribution < -0.4 is 10.9 Å². The average Bonchev–Trinajstić information content (AvgIpc) is 2.53. The van der Waals surface area contributed by atoms with Crippen LogP contribution in [-0.4, -0.2) is 43.8 Å². The summed E-state index contributed by atoms with van der Waals surface area (Å²) >= 11 is 0. The van der Waals surface area contributed by atoms with E-state index in [9.17, 15) is 4.79 Å². The topological polar surface area (TPSA) is 75.9 Å². The number of rotatable bonds is 4. The summed E-state index contributed by atoms with van der Waals surface area (Å²) in [5.41, 5.74) is 1.84. The van der Waals surface area contributed by atoms with Gasteiger partial charge in [-0.3, -0.25) is 9.69 Å². The summed E-state index contributed by atoms with van der Waals surface area (Å²) in [6.45, 7) is 4.77. The molecule has 1 fully saturated rings. The second kappa shape index (κ2) is 6.87. The summed E-state index contributed by atoms with van der Waals surface area (Å²) < 4.78 is 1.39. The van der Waals surface area contributed by atoms with Crippen LogP contribution in [0.2, 0.25) is 0 Å². The summed E-state index contributed by atoms with van der Waals surface area (Å²) in [5, 5.41) is 7.78. The van der Waals surface area contributed by atoms with Crippen molar-refractivity contribution in [3.63, 3.8) is 0 Å². The molecule has 0 bridgehead atoms. The minimum Gasteiger partial charge on any atom is -0.367 e. The first-order valence-corrected chi connectivity index (χ1v) is 7.91. The second-order valence-electron chi connectivity index (χ2n) is 6.03. The Morgan fingerprint density at radius 1 is 1.26 bits per heavy atom. The number of aryl methyl sites for hydroxylation is 2. The summed E-state index contributed by atoms with van der Waals surface area (Å²) in [4.78, 5) is 22.1. The van der Waals surface area contributed by atoms with E-state index in [0.717, 1.165) is 49.7 Å². The summed E-state index contributed by atoms with van der Waals surface area (Å²) in [6, 6.07) is 5.80. The van der Waals surface area contributed by atoms with Gasteiger partial charge in [-0.1, -0.05) is 0 Å². The Hall–Kier alpha value is -2.28. The van der Waals surface area contributed by atoms with Gasteiger partial charge < -0.3 is 5.32 Å². The predicted molar refractivity (Wildman–Crippen MR) is 88.2 cm³/mol. The number of nitrogens with one attached hydrogen (secondary N) is 1. The van der Waals surface area contributed by atoms with Gasteiger partial charge in [-0.25, -0.2) is 14.6 Å². The van der Waals surface area contributed by atoms with Gasteiger partial charge in [0.15, 0.2) is 0 Å². The number of aromatic nitrogens is 4. The van der Waals surface area contributed by atoms with Crippen molar-refractivity contribution in [1.29, 1.82) is 0 Å². The van der Waals surface area contributed by atoms with Gasteiger partial charge in [-0.2, -0.15) is 5.10 Å².